The maximum absolute atomic E-state index is 12.2. The Morgan fingerprint density at radius 2 is 2.14 bits per heavy atom. The number of hydrogen-bond acceptors (Lipinski definition) is 5. The van der Waals surface area contributed by atoms with Crippen LogP contribution in [0.5, 0.6) is 0 Å². The number of carboxylic acids is 1. The second kappa shape index (κ2) is 6.35. The molecule has 1 fully saturated rings. The van der Waals surface area contributed by atoms with Crippen LogP contribution < -0.4 is 11.1 Å². The summed E-state index contributed by atoms with van der Waals surface area (Å²) in [6.45, 7) is 0.355. The summed E-state index contributed by atoms with van der Waals surface area (Å²) in [6.07, 6.45) is -0.230. The molecule has 21 heavy (non-hydrogen) atoms. The number of carbonyl (C=O) groups excluding carboxylic acids is 1. The summed E-state index contributed by atoms with van der Waals surface area (Å²) >= 11 is 0. The molecule has 9 nitrogen and oxygen atoms in total. The minimum Gasteiger partial charge on any atom is -0.481 e. The van der Waals surface area contributed by atoms with E-state index in [0.29, 0.717) is 6.61 Å². The fourth-order valence-electron chi connectivity index (χ4n) is 2.16. The summed E-state index contributed by atoms with van der Waals surface area (Å²) in [4.78, 5) is 47.1. The molecule has 0 bridgehead atoms. The van der Waals surface area contributed by atoms with Gasteiger partial charge in [-0.25, -0.2) is 4.68 Å². The number of aromatic amines is 1. The van der Waals surface area contributed by atoms with Crippen LogP contribution in [-0.2, 0) is 20.9 Å². The largest absolute Gasteiger partial charge is 0.481 e. The number of aromatic nitrogens is 2. The van der Waals surface area contributed by atoms with Crippen LogP contribution in [0.15, 0.2) is 21.7 Å². The molecule has 1 aliphatic heterocycles. The van der Waals surface area contributed by atoms with Gasteiger partial charge >= 0.3 is 5.97 Å². The predicted molar refractivity (Wildman–Crippen MR) is 69.9 cm³/mol. The van der Waals surface area contributed by atoms with Crippen LogP contribution in [0.3, 0.4) is 0 Å². The first-order valence-electron chi connectivity index (χ1n) is 6.36. The van der Waals surface area contributed by atoms with Gasteiger partial charge in [0.2, 0.25) is 5.91 Å². The number of morpholine rings is 1. The first-order chi connectivity index (χ1) is 9.97. The Morgan fingerprint density at radius 3 is 2.86 bits per heavy atom. The molecular weight excluding hydrogens is 282 g/mol. The highest BCUT2D eigenvalue weighted by molar-refractivity contribution is 5.77. The highest BCUT2D eigenvalue weighted by atomic mass is 16.5. The molecule has 1 atom stereocenters. The first kappa shape index (κ1) is 15.0. The van der Waals surface area contributed by atoms with E-state index >= 15 is 0 Å². The number of rotatable bonds is 4. The van der Waals surface area contributed by atoms with Crippen LogP contribution in [0.4, 0.5) is 0 Å². The molecule has 114 valence electrons. The molecule has 0 radical (unpaired) electrons. The predicted octanol–water partition coefficient (Wildman–Crippen LogP) is -1.76. The fourth-order valence-corrected chi connectivity index (χ4v) is 2.16. The third-order valence-corrected chi connectivity index (χ3v) is 3.14. The number of H-pyrrole nitrogens is 1. The number of amides is 1. The first-order valence-corrected chi connectivity index (χ1v) is 6.36. The molecule has 2 rings (SSSR count). The molecular formula is C12H15N3O6. The zero-order valence-electron chi connectivity index (χ0n) is 11.2. The molecule has 1 amide bonds. The van der Waals surface area contributed by atoms with E-state index in [4.69, 9.17) is 9.84 Å². The van der Waals surface area contributed by atoms with Crippen molar-refractivity contribution >= 4 is 11.9 Å². The van der Waals surface area contributed by atoms with Crippen molar-refractivity contribution in [1.29, 1.82) is 0 Å². The Balaban J connectivity index is 2.13. The van der Waals surface area contributed by atoms with Gasteiger partial charge in [-0.3, -0.25) is 24.3 Å². The average Bonchev–Trinajstić information content (AvgIpc) is 2.42. The minimum absolute atomic E-state index is 0.137. The molecule has 9 heteroatoms. The number of carboxylic acid groups (broad SMARTS) is 1. The lowest BCUT2D eigenvalue weighted by molar-refractivity contribution is -0.146. The van der Waals surface area contributed by atoms with Gasteiger partial charge in [-0.2, -0.15) is 0 Å². The standard InChI is InChI=1S/C12H15N3O6/c16-9-1-2-10(17)15(13-9)6-11(18)14-3-4-21-7-8(14)5-12(19)20/h1-2,8H,3-7H2,(H,13,16)(H,19,20). The summed E-state index contributed by atoms with van der Waals surface area (Å²) < 4.78 is 6.07. The summed E-state index contributed by atoms with van der Waals surface area (Å²) in [5, 5.41) is 11.1. The molecule has 0 aliphatic carbocycles. The second-order valence-corrected chi connectivity index (χ2v) is 4.65. The van der Waals surface area contributed by atoms with Gasteiger partial charge in [0.1, 0.15) is 6.54 Å². The lowest BCUT2D eigenvalue weighted by Gasteiger charge is -2.34. The quantitative estimate of drug-likeness (QED) is 0.679. The van der Waals surface area contributed by atoms with E-state index in [2.05, 4.69) is 5.10 Å². The van der Waals surface area contributed by atoms with Gasteiger partial charge < -0.3 is 14.7 Å². The summed E-state index contributed by atoms with van der Waals surface area (Å²) in [5.41, 5.74) is -1.00. The van der Waals surface area contributed by atoms with Crippen LogP contribution in [0.1, 0.15) is 6.42 Å². The molecule has 2 N–H and O–H groups in total. The van der Waals surface area contributed by atoms with Gasteiger partial charge in [0.25, 0.3) is 11.1 Å². The molecule has 1 aliphatic rings. The van der Waals surface area contributed by atoms with Crippen molar-refractivity contribution in [3.05, 3.63) is 32.8 Å². The van der Waals surface area contributed by atoms with Crippen molar-refractivity contribution in [3.8, 4) is 0 Å². The Morgan fingerprint density at radius 1 is 1.38 bits per heavy atom. The van der Waals surface area contributed by atoms with Gasteiger partial charge in [-0.05, 0) is 0 Å². The summed E-state index contributed by atoms with van der Waals surface area (Å²) in [7, 11) is 0. The smallest absolute Gasteiger partial charge is 0.305 e. The molecule has 0 aromatic carbocycles. The molecule has 1 unspecified atom stereocenters. The maximum Gasteiger partial charge on any atom is 0.305 e. The molecule has 1 aromatic rings. The van der Waals surface area contributed by atoms with E-state index in [9.17, 15) is 19.2 Å². The third kappa shape index (κ3) is 3.78. The number of aliphatic carboxylic acids is 1. The Bertz CT molecular complexity index is 649. The lowest BCUT2D eigenvalue weighted by Crippen LogP contribution is -2.51. The zero-order valence-corrected chi connectivity index (χ0v) is 11.2. The van der Waals surface area contributed by atoms with E-state index in [-0.39, 0.29) is 26.1 Å². The lowest BCUT2D eigenvalue weighted by atomic mass is 10.1. The topological polar surface area (TPSA) is 122 Å². The fraction of sp³-hybridized carbons (Fsp3) is 0.500. The Labute approximate surface area is 118 Å². The van der Waals surface area contributed by atoms with Crippen molar-refractivity contribution < 1.29 is 19.4 Å². The highest BCUT2D eigenvalue weighted by Crippen LogP contribution is 2.11. The second-order valence-electron chi connectivity index (χ2n) is 4.65. The van der Waals surface area contributed by atoms with Gasteiger partial charge in [0.05, 0.1) is 25.7 Å². The Hall–Kier alpha value is -2.42. The van der Waals surface area contributed by atoms with Gasteiger partial charge in [-0.15, -0.1) is 0 Å². The monoisotopic (exact) mass is 297 g/mol. The zero-order chi connectivity index (χ0) is 15.4. The van der Waals surface area contributed by atoms with E-state index in [0.717, 1.165) is 16.8 Å². The van der Waals surface area contributed by atoms with Crippen molar-refractivity contribution in [2.45, 2.75) is 19.0 Å². The number of hydrogen-bond donors (Lipinski definition) is 2. The van der Waals surface area contributed by atoms with Gasteiger partial charge in [-0.1, -0.05) is 0 Å². The number of ether oxygens (including phenoxy) is 1. The van der Waals surface area contributed by atoms with Crippen LogP contribution in [0.2, 0.25) is 0 Å². The average molecular weight is 297 g/mol. The number of nitrogens with one attached hydrogen (secondary N) is 1. The normalized spacial score (nSPS) is 18.5. The summed E-state index contributed by atoms with van der Waals surface area (Å²) in [6, 6.07) is 1.57. The van der Waals surface area contributed by atoms with Crippen molar-refractivity contribution in [1.82, 2.24) is 14.7 Å². The maximum atomic E-state index is 12.2. The van der Waals surface area contributed by atoms with Gasteiger partial charge in [0, 0.05) is 18.7 Å². The van der Waals surface area contributed by atoms with E-state index in [1.165, 1.54) is 4.90 Å². The summed E-state index contributed by atoms with van der Waals surface area (Å²) in [5.74, 6) is -1.47. The molecule has 1 aromatic heterocycles. The van der Waals surface area contributed by atoms with Crippen LogP contribution >= 0.6 is 0 Å². The van der Waals surface area contributed by atoms with Crippen LogP contribution in [0.25, 0.3) is 0 Å². The van der Waals surface area contributed by atoms with E-state index in [1.807, 2.05) is 0 Å². The van der Waals surface area contributed by atoms with Crippen LogP contribution in [-0.4, -0.2) is 57.5 Å². The van der Waals surface area contributed by atoms with Crippen LogP contribution in [0, 0.1) is 0 Å². The molecule has 0 saturated carbocycles. The van der Waals surface area contributed by atoms with Gasteiger partial charge in [0.15, 0.2) is 0 Å². The van der Waals surface area contributed by atoms with E-state index in [1.54, 1.807) is 0 Å². The minimum atomic E-state index is -1.03. The molecule has 1 saturated heterocycles. The van der Waals surface area contributed by atoms with Crippen molar-refractivity contribution in [2.24, 2.45) is 0 Å². The third-order valence-electron chi connectivity index (χ3n) is 3.14. The van der Waals surface area contributed by atoms with Crippen molar-refractivity contribution in [3.63, 3.8) is 0 Å². The highest BCUT2D eigenvalue weighted by Gasteiger charge is 2.29. The SMILES string of the molecule is O=C(O)CC1COCCN1C(=O)Cn1[nH]c(=O)ccc1=O. The van der Waals surface area contributed by atoms with E-state index < -0.39 is 29.0 Å². The molecule has 0 spiro atoms. The van der Waals surface area contributed by atoms with Crippen molar-refractivity contribution in [2.75, 3.05) is 19.8 Å². The number of nitrogens with zero attached hydrogens (tertiary/aromatic N) is 2. The molecule has 2 heterocycles. The number of carbonyl (C=O) groups is 2. The Kier molecular flexibility index (Phi) is 4.53.